The minimum atomic E-state index is -1.04. The fourth-order valence-electron chi connectivity index (χ4n) is 4.23. The Morgan fingerprint density at radius 1 is 0.944 bits per heavy atom. The van der Waals surface area contributed by atoms with E-state index in [0.29, 0.717) is 36.0 Å². The monoisotopic (exact) mass is 491 g/mol. The summed E-state index contributed by atoms with van der Waals surface area (Å²) in [5.41, 5.74) is 0.761. The third-order valence-electron chi connectivity index (χ3n) is 5.76. The summed E-state index contributed by atoms with van der Waals surface area (Å²) in [4.78, 5) is 27.8. The second-order valence-corrected chi connectivity index (χ2v) is 7.95. The van der Waals surface area contributed by atoms with Gasteiger partial charge in [0, 0.05) is 11.8 Å². The molecule has 8 heteroatoms. The number of aliphatic hydroxyl groups excluding tert-OH is 1. The average molecular weight is 492 g/mol. The van der Waals surface area contributed by atoms with Crippen molar-refractivity contribution in [3.63, 3.8) is 0 Å². The number of benzene rings is 3. The lowest BCUT2D eigenvalue weighted by atomic mass is 9.94. The van der Waals surface area contributed by atoms with Gasteiger partial charge in [0.1, 0.15) is 28.8 Å². The lowest BCUT2D eigenvalue weighted by Gasteiger charge is -2.26. The molecule has 0 radical (unpaired) electrons. The highest BCUT2D eigenvalue weighted by molar-refractivity contribution is 6.51. The molecule has 1 saturated heterocycles. The van der Waals surface area contributed by atoms with Crippen molar-refractivity contribution in [1.82, 2.24) is 0 Å². The van der Waals surface area contributed by atoms with Crippen LogP contribution in [0.1, 0.15) is 31.0 Å². The van der Waals surface area contributed by atoms with Gasteiger partial charge in [-0.25, -0.2) is 4.39 Å². The molecular formula is C28H26FNO6. The van der Waals surface area contributed by atoms with Crippen LogP contribution in [0, 0.1) is 5.82 Å². The quantitative estimate of drug-likeness (QED) is 0.263. The van der Waals surface area contributed by atoms with Crippen LogP contribution >= 0.6 is 0 Å². The van der Waals surface area contributed by atoms with Crippen molar-refractivity contribution in [2.45, 2.75) is 19.9 Å². The fourth-order valence-corrected chi connectivity index (χ4v) is 4.23. The number of nitrogens with zero attached hydrogens (tertiary/aromatic N) is 1. The Kier molecular flexibility index (Phi) is 7.24. The van der Waals surface area contributed by atoms with Crippen molar-refractivity contribution in [1.29, 1.82) is 0 Å². The summed E-state index contributed by atoms with van der Waals surface area (Å²) in [5, 5.41) is 11.5. The summed E-state index contributed by atoms with van der Waals surface area (Å²) in [6, 6.07) is 16.0. The van der Waals surface area contributed by atoms with Gasteiger partial charge in [0.15, 0.2) is 0 Å². The van der Waals surface area contributed by atoms with Crippen molar-refractivity contribution in [2.24, 2.45) is 0 Å². The zero-order valence-corrected chi connectivity index (χ0v) is 20.2. The Morgan fingerprint density at radius 2 is 1.69 bits per heavy atom. The molecule has 1 unspecified atom stereocenters. The van der Waals surface area contributed by atoms with E-state index in [2.05, 4.69) is 0 Å². The number of ketones is 1. The van der Waals surface area contributed by atoms with Crippen LogP contribution in [0.5, 0.6) is 17.2 Å². The van der Waals surface area contributed by atoms with Crippen LogP contribution < -0.4 is 19.1 Å². The lowest BCUT2D eigenvalue weighted by Crippen LogP contribution is -2.29. The summed E-state index contributed by atoms with van der Waals surface area (Å²) < 4.78 is 30.7. The maximum absolute atomic E-state index is 14.1. The highest BCUT2D eigenvalue weighted by Crippen LogP contribution is 2.44. The van der Waals surface area contributed by atoms with E-state index in [1.807, 2.05) is 6.92 Å². The van der Waals surface area contributed by atoms with Gasteiger partial charge in [0.05, 0.1) is 37.5 Å². The number of amides is 1. The number of anilines is 1. The molecule has 3 aromatic carbocycles. The molecule has 1 N–H and O–H groups in total. The molecule has 1 atom stereocenters. The molecule has 36 heavy (non-hydrogen) atoms. The van der Waals surface area contributed by atoms with Crippen LogP contribution in [-0.2, 0) is 9.59 Å². The van der Waals surface area contributed by atoms with Gasteiger partial charge < -0.3 is 19.3 Å². The van der Waals surface area contributed by atoms with Crippen molar-refractivity contribution < 1.29 is 33.3 Å². The number of Topliss-reactive ketones (excluding diaryl/α,β-unsaturated/α-hetero) is 1. The number of aliphatic hydroxyl groups is 1. The summed E-state index contributed by atoms with van der Waals surface area (Å²) in [6.07, 6.45) is 0. The zero-order chi connectivity index (χ0) is 25.8. The second kappa shape index (κ2) is 10.5. The topological polar surface area (TPSA) is 85.3 Å². The summed E-state index contributed by atoms with van der Waals surface area (Å²) in [5.74, 6) is -1.45. The molecule has 0 bridgehead atoms. The molecule has 1 fully saturated rings. The predicted molar refractivity (Wildman–Crippen MR) is 133 cm³/mol. The summed E-state index contributed by atoms with van der Waals surface area (Å²) in [7, 11) is 1.50. The standard InChI is InChI=1S/C28H26FNO6/c1-4-35-21-12-13-22(23(16-21)36-5-2)26(31)24-25(17-8-6-11-20(14-17)34-3)30(28(33)27(24)32)19-10-7-9-18(29)15-19/h6-16,25,31H,4-5H2,1-3H3/b26-24-. The summed E-state index contributed by atoms with van der Waals surface area (Å²) in [6.45, 7) is 4.37. The molecule has 1 aliphatic heterocycles. The van der Waals surface area contributed by atoms with Crippen LogP contribution in [0.3, 0.4) is 0 Å². The number of halogens is 1. The van der Waals surface area contributed by atoms with E-state index in [0.717, 1.165) is 0 Å². The van der Waals surface area contributed by atoms with Crippen molar-refractivity contribution >= 4 is 23.1 Å². The van der Waals surface area contributed by atoms with Gasteiger partial charge in [0.25, 0.3) is 11.7 Å². The number of rotatable bonds is 8. The van der Waals surface area contributed by atoms with Crippen molar-refractivity contribution in [2.75, 3.05) is 25.2 Å². The first-order valence-electron chi connectivity index (χ1n) is 11.5. The Labute approximate surface area is 208 Å². The number of methoxy groups -OCH3 is 1. The van der Waals surface area contributed by atoms with Crippen molar-refractivity contribution in [3.8, 4) is 17.2 Å². The Morgan fingerprint density at radius 3 is 2.39 bits per heavy atom. The number of carbonyl (C=O) groups excluding carboxylic acids is 2. The summed E-state index contributed by atoms with van der Waals surface area (Å²) >= 11 is 0. The highest BCUT2D eigenvalue weighted by Gasteiger charge is 2.47. The van der Waals surface area contributed by atoms with E-state index in [1.54, 1.807) is 49.4 Å². The smallest absolute Gasteiger partial charge is 0.300 e. The van der Waals surface area contributed by atoms with Crippen LogP contribution in [0.4, 0.5) is 10.1 Å². The van der Waals surface area contributed by atoms with Gasteiger partial charge in [-0.3, -0.25) is 14.5 Å². The van der Waals surface area contributed by atoms with Crippen LogP contribution in [0.25, 0.3) is 5.76 Å². The molecule has 1 heterocycles. The first kappa shape index (κ1) is 24.8. The molecule has 7 nitrogen and oxygen atoms in total. The Hall–Kier alpha value is -4.33. The molecule has 0 saturated carbocycles. The molecule has 1 amide bonds. The van der Waals surface area contributed by atoms with Gasteiger partial charge in [-0.1, -0.05) is 18.2 Å². The molecule has 4 rings (SSSR count). The van der Waals surface area contributed by atoms with Gasteiger partial charge in [-0.05, 0) is 61.9 Å². The molecule has 3 aromatic rings. The van der Waals surface area contributed by atoms with Crippen LogP contribution in [-0.4, -0.2) is 37.1 Å². The second-order valence-electron chi connectivity index (χ2n) is 7.95. The molecular weight excluding hydrogens is 465 g/mol. The van der Waals surface area contributed by atoms with Gasteiger partial charge in [0.2, 0.25) is 0 Å². The van der Waals surface area contributed by atoms with E-state index in [9.17, 15) is 19.1 Å². The van der Waals surface area contributed by atoms with Crippen molar-refractivity contribution in [3.05, 3.63) is 89.2 Å². The van der Waals surface area contributed by atoms with E-state index < -0.39 is 29.3 Å². The maximum Gasteiger partial charge on any atom is 0.300 e. The highest BCUT2D eigenvalue weighted by atomic mass is 19.1. The van der Waals surface area contributed by atoms with Crippen LogP contribution in [0.2, 0.25) is 0 Å². The molecule has 0 aliphatic carbocycles. The third kappa shape index (κ3) is 4.62. The maximum atomic E-state index is 14.1. The lowest BCUT2D eigenvalue weighted by molar-refractivity contribution is -0.132. The van der Waals surface area contributed by atoms with Gasteiger partial charge in [-0.2, -0.15) is 0 Å². The van der Waals surface area contributed by atoms with Crippen LogP contribution in [0.15, 0.2) is 72.3 Å². The molecule has 0 aromatic heterocycles. The number of hydrogen-bond donors (Lipinski definition) is 1. The minimum Gasteiger partial charge on any atom is -0.507 e. The largest absolute Gasteiger partial charge is 0.507 e. The first-order valence-corrected chi connectivity index (χ1v) is 11.5. The fraction of sp³-hybridized carbons (Fsp3) is 0.214. The average Bonchev–Trinajstić information content (AvgIpc) is 3.14. The van der Waals surface area contributed by atoms with E-state index in [-0.39, 0.29) is 16.8 Å². The van der Waals surface area contributed by atoms with E-state index >= 15 is 0 Å². The third-order valence-corrected chi connectivity index (χ3v) is 5.76. The predicted octanol–water partition coefficient (Wildman–Crippen LogP) is 5.26. The first-order chi connectivity index (χ1) is 17.4. The Bertz CT molecular complexity index is 1340. The molecule has 186 valence electrons. The molecule has 0 spiro atoms. The van der Waals surface area contributed by atoms with E-state index in [4.69, 9.17) is 14.2 Å². The zero-order valence-electron chi connectivity index (χ0n) is 20.2. The number of carbonyl (C=O) groups is 2. The van der Waals surface area contributed by atoms with Gasteiger partial charge in [-0.15, -0.1) is 0 Å². The number of hydrogen-bond acceptors (Lipinski definition) is 6. The molecule has 1 aliphatic rings. The minimum absolute atomic E-state index is 0.150. The number of ether oxygens (including phenoxy) is 3. The SMILES string of the molecule is CCOc1ccc(/C(O)=C2/C(=O)C(=O)N(c3cccc(F)c3)C2c2cccc(OC)c2)c(OCC)c1. The Balaban J connectivity index is 1.96. The normalized spacial score (nSPS) is 16.8. The van der Waals surface area contributed by atoms with E-state index in [1.165, 1.54) is 36.3 Å². The van der Waals surface area contributed by atoms with Gasteiger partial charge >= 0.3 is 0 Å².